The molecule has 110 valence electrons. The van der Waals surface area contributed by atoms with Crippen LogP contribution in [-0.2, 0) is 0 Å². The molecule has 0 saturated heterocycles. The molecule has 0 bridgehead atoms. The molecular formula is C17H26N2O. The van der Waals surface area contributed by atoms with Crippen molar-refractivity contribution in [3.63, 3.8) is 0 Å². The Balaban J connectivity index is 1.98. The van der Waals surface area contributed by atoms with Gasteiger partial charge in [-0.05, 0) is 69.2 Å². The van der Waals surface area contributed by atoms with Gasteiger partial charge in [-0.2, -0.15) is 0 Å². The van der Waals surface area contributed by atoms with Crippen molar-refractivity contribution in [2.24, 2.45) is 5.92 Å². The van der Waals surface area contributed by atoms with Crippen LogP contribution in [0, 0.1) is 12.8 Å². The van der Waals surface area contributed by atoms with Gasteiger partial charge in [-0.3, -0.25) is 4.79 Å². The van der Waals surface area contributed by atoms with Crippen molar-refractivity contribution in [2.45, 2.75) is 52.5 Å². The van der Waals surface area contributed by atoms with E-state index in [0.29, 0.717) is 6.04 Å². The lowest BCUT2D eigenvalue weighted by Crippen LogP contribution is -2.37. The minimum atomic E-state index is 0.0742. The third kappa shape index (κ3) is 3.75. The molecule has 1 fully saturated rings. The highest BCUT2D eigenvalue weighted by molar-refractivity contribution is 5.96. The molecule has 1 saturated carbocycles. The maximum absolute atomic E-state index is 12.4. The van der Waals surface area contributed by atoms with Crippen LogP contribution in [0.4, 0.5) is 5.69 Å². The van der Waals surface area contributed by atoms with Gasteiger partial charge >= 0.3 is 0 Å². The zero-order valence-corrected chi connectivity index (χ0v) is 12.8. The number of carbonyl (C=O) groups is 1. The van der Waals surface area contributed by atoms with Gasteiger partial charge in [0.05, 0.1) is 0 Å². The van der Waals surface area contributed by atoms with Crippen LogP contribution in [-0.4, -0.2) is 18.5 Å². The normalized spacial score (nSPS) is 22.4. The van der Waals surface area contributed by atoms with Gasteiger partial charge in [0.25, 0.3) is 5.91 Å². The van der Waals surface area contributed by atoms with Crippen molar-refractivity contribution >= 4 is 11.6 Å². The van der Waals surface area contributed by atoms with Gasteiger partial charge in [-0.25, -0.2) is 0 Å². The average molecular weight is 274 g/mol. The lowest BCUT2D eigenvalue weighted by Gasteiger charge is -2.27. The second kappa shape index (κ2) is 6.78. The van der Waals surface area contributed by atoms with E-state index in [4.69, 9.17) is 0 Å². The predicted octanol–water partition coefficient (Wildman–Crippen LogP) is 3.74. The molecule has 2 rings (SSSR count). The summed E-state index contributed by atoms with van der Waals surface area (Å²) in [5.41, 5.74) is 2.91. The van der Waals surface area contributed by atoms with Crippen LogP contribution in [0.1, 0.15) is 55.5 Å². The molecule has 0 radical (unpaired) electrons. The first kappa shape index (κ1) is 14.9. The Morgan fingerprint density at radius 1 is 1.25 bits per heavy atom. The lowest BCUT2D eigenvalue weighted by molar-refractivity contribution is 0.0922. The van der Waals surface area contributed by atoms with Crippen LogP contribution < -0.4 is 10.6 Å². The Hall–Kier alpha value is -1.51. The Bertz CT molecular complexity index is 462. The quantitative estimate of drug-likeness (QED) is 0.878. The van der Waals surface area contributed by atoms with Crippen LogP contribution in [0.2, 0.25) is 0 Å². The molecule has 1 aliphatic carbocycles. The molecule has 1 aliphatic rings. The summed E-state index contributed by atoms with van der Waals surface area (Å²) in [6.07, 6.45) is 4.68. The van der Waals surface area contributed by atoms with Gasteiger partial charge in [0.1, 0.15) is 0 Å². The average Bonchev–Trinajstić information content (AvgIpc) is 2.42. The summed E-state index contributed by atoms with van der Waals surface area (Å²) in [5.74, 6) is 0.884. The van der Waals surface area contributed by atoms with E-state index in [2.05, 4.69) is 24.5 Å². The summed E-state index contributed by atoms with van der Waals surface area (Å²) >= 11 is 0. The van der Waals surface area contributed by atoms with E-state index >= 15 is 0 Å². The fourth-order valence-electron chi connectivity index (χ4n) is 2.90. The van der Waals surface area contributed by atoms with E-state index in [9.17, 15) is 4.79 Å². The molecule has 0 atom stereocenters. The Morgan fingerprint density at radius 2 is 1.95 bits per heavy atom. The molecule has 0 aromatic heterocycles. The zero-order chi connectivity index (χ0) is 14.5. The molecular weight excluding hydrogens is 248 g/mol. The predicted molar refractivity (Wildman–Crippen MR) is 84.2 cm³/mol. The van der Waals surface area contributed by atoms with Crippen molar-refractivity contribution in [1.82, 2.24) is 5.32 Å². The molecule has 3 heteroatoms. The number of amides is 1. The summed E-state index contributed by atoms with van der Waals surface area (Å²) in [7, 11) is 0. The number of nitrogens with one attached hydrogen (secondary N) is 2. The van der Waals surface area contributed by atoms with Gasteiger partial charge in [0.2, 0.25) is 0 Å². The SMILES string of the molecule is CCNc1ccc(C(=O)NC2CCC(C)CC2)c(C)c1. The van der Waals surface area contributed by atoms with E-state index in [1.807, 2.05) is 25.1 Å². The van der Waals surface area contributed by atoms with E-state index in [-0.39, 0.29) is 5.91 Å². The van der Waals surface area contributed by atoms with Crippen LogP contribution in [0.5, 0.6) is 0 Å². The second-order valence-corrected chi connectivity index (χ2v) is 5.99. The molecule has 0 aliphatic heterocycles. The van der Waals surface area contributed by atoms with E-state index < -0.39 is 0 Å². The minimum absolute atomic E-state index is 0.0742. The van der Waals surface area contributed by atoms with Crippen LogP contribution in [0.3, 0.4) is 0 Å². The third-order valence-corrected chi connectivity index (χ3v) is 4.20. The van der Waals surface area contributed by atoms with Crippen molar-refractivity contribution in [2.75, 3.05) is 11.9 Å². The van der Waals surface area contributed by atoms with E-state index in [1.54, 1.807) is 0 Å². The second-order valence-electron chi connectivity index (χ2n) is 5.99. The number of rotatable bonds is 4. The third-order valence-electron chi connectivity index (χ3n) is 4.20. The van der Waals surface area contributed by atoms with Gasteiger partial charge < -0.3 is 10.6 Å². The van der Waals surface area contributed by atoms with E-state index in [1.165, 1.54) is 12.8 Å². The van der Waals surface area contributed by atoms with Crippen molar-refractivity contribution in [1.29, 1.82) is 0 Å². The maximum Gasteiger partial charge on any atom is 0.251 e. The lowest BCUT2D eigenvalue weighted by atomic mass is 9.87. The summed E-state index contributed by atoms with van der Waals surface area (Å²) in [5, 5.41) is 6.46. The van der Waals surface area contributed by atoms with Crippen molar-refractivity contribution < 1.29 is 4.79 Å². The van der Waals surface area contributed by atoms with Crippen LogP contribution in [0.15, 0.2) is 18.2 Å². The Labute approximate surface area is 122 Å². The molecule has 20 heavy (non-hydrogen) atoms. The number of benzene rings is 1. The fraction of sp³-hybridized carbons (Fsp3) is 0.588. The topological polar surface area (TPSA) is 41.1 Å². The number of hydrogen-bond donors (Lipinski definition) is 2. The fourth-order valence-corrected chi connectivity index (χ4v) is 2.90. The van der Waals surface area contributed by atoms with E-state index in [0.717, 1.165) is 42.1 Å². The smallest absolute Gasteiger partial charge is 0.251 e. The van der Waals surface area contributed by atoms with Gasteiger partial charge in [0, 0.05) is 23.8 Å². The van der Waals surface area contributed by atoms with Gasteiger partial charge in [-0.1, -0.05) is 6.92 Å². The van der Waals surface area contributed by atoms with Crippen LogP contribution in [0.25, 0.3) is 0 Å². The monoisotopic (exact) mass is 274 g/mol. The van der Waals surface area contributed by atoms with Gasteiger partial charge in [-0.15, -0.1) is 0 Å². The highest BCUT2D eigenvalue weighted by Gasteiger charge is 2.20. The molecule has 0 spiro atoms. The molecule has 1 aromatic carbocycles. The van der Waals surface area contributed by atoms with Gasteiger partial charge in [0.15, 0.2) is 0 Å². The Kier molecular flexibility index (Phi) is 5.05. The zero-order valence-electron chi connectivity index (χ0n) is 12.8. The minimum Gasteiger partial charge on any atom is -0.385 e. The summed E-state index contributed by atoms with van der Waals surface area (Å²) in [6, 6.07) is 6.30. The van der Waals surface area contributed by atoms with Crippen molar-refractivity contribution in [3.05, 3.63) is 29.3 Å². The number of carbonyl (C=O) groups excluding carboxylic acids is 1. The van der Waals surface area contributed by atoms with Crippen LogP contribution >= 0.6 is 0 Å². The first-order valence-electron chi connectivity index (χ1n) is 7.75. The molecule has 1 aromatic rings. The number of hydrogen-bond acceptors (Lipinski definition) is 2. The molecule has 0 unspecified atom stereocenters. The highest BCUT2D eigenvalue weighted by Crippen LogP contribution is 2.24. The molecule has 3 nitrogen and oxygen atoms in total. The molecule has 1 amide bonds. The summed E-state index contributed by atoms with van der Waals surface area (Å²) in [6.45, 7) is 7.26. The molecule has 0 heterocycles. The molecule has 2 N–H and O–H groups in total. The number of anilines is 1. The maximum atomic E-state index is 12.4. The first-order chi connectivity index (χ1) is 9.60. The first-order valence-corrected chi connectivity index (χ1v) is 7.75. The summed E-state index contributed by atoms with van der Waals surface area (Å²) in [4.78, 5) is 12.4. The highest BCUT2D eigenvalue weighted by atomic mass is 16.1. The largest absolute Gasteiger partial charge is 0.385 e. The Morgan fingerprint density at radius 3 is 2.55 bits per heavy atom. The summed E-state index contributed by atoms with van der Waals surface area (Å²) < 4.78 is 0. The van der Waals surface area contributed by atoms with Crippen molar-refractivity contribution in [3.8, 4) is 0 Å². The number of aryl methyl sites for hydroxylation is 1. The standard InChI is InChI=1S/C17H26N2O/c1-4-18-15-9-10-16(13(3)11-15)17(20)19-14-7-5-12(2)6-8-14/h9-12,14,18H,4-8H2,1-3H3,(H,19,20).